The number of nitrogens with one attached hydrogen (secondary N) is 2. The summed E-state index contributed by atoms with van der Waals surface area (Å²) >= 11 is 0. The topological polar surface area (TPSA) is 138 Å². The number of para-hydroxylation sites is 1. The number of rotatable bonds is 7. The molecule has 42 heavy (non-hydrogen) atoms. The van der Waals surface area contributed by atoms with E-state index < -0.39 is 17.3 Å². The van der Waals surface area contributed by atoms with Gasteiger partial charge in [0.05, 0.1) is 17.8 Å². The molecule has 0 unspecified atom stereocenters. The van der Waals surface area contributed by atoms with Crippen molar-refractivity contribution in [3.05, 3.63) is 65.9 Å². The van der Waals surface area contributed by atoms with Gasteiger partial charge in [-0.25, -0.2) is 18.7 Å². The highest BCUT2D eigenvalue weighted by atomic mass is 19.1. The molecule has 1 saturated heterocycles. The smallest absolute Gasteiger partial charge is 0.225 e. The summed E-state index contributed by atoms with van der Waals surface area (Å²) in [6.07, 6.45) is 6.00. The molecular weight excluding hydrogens is 540 g/mol. The van der Waals surface area contributed by atoms with Gasteiger partial charge in [0.2, 0.25) is 17.8 Å². The fraction of sp³-hybridized carbons (Fsp3) is 0.367. The van der Waals surface area contributed by atoms with Crippen molar-refractivity contribution in [1.29, 1.82) is 5.26 Å². The molecule has 2 aromatic heterocycles. The second-order valence-electron chi connectivity index (χ2n) is 10.9. The van der Waals surface area contributed by atoms with Crippen LogP contribution in [-0.2, 0) is 4.79 Å². The van der Waals surface area contributed by atoms with E-state index in [0.717, 1.165) is 38.1 Å². The number of hydrogen-bond acceptors (Lipinski definition) is 8. The Bertz CT molecular complexity index is 1620. The molecule has 2 aliphatic rings. The van der Waals surface area contributed by atoms with Crippen molar-refractivity contribution >= 4 is 40.3 Å². The predicted octanol–water partition coefficient (Wildman–Crippen LogP) is 5.02. The number of benzene rings is 2. The average Bonchev–Trinajstić information content (AvgIpc) is 3.36. The number of anilines is 4. The molecule has 2 fully saturated rings. The van der Waals surface area contributed by atoms with Crippen LogP contribution in [0.3, 0.4) is 0 Å². The number of imidazole rings is 1. The number of fused-ring (bicyclic) bond motifs is 1. The van der Waals surface area contributed by atoms with E-state index in [2.05, 4.69) is 37.6 Å². The molecule has 1 atom stereocenters. The third kappa shape index (κ3) is 5.54. The van der Waals surface area contributed by atoms with Gasteiger partial charge in [0.25, 0.3) is 0 Å². The van der Waals surface area contributed by atoms with Gasteiger partial charge in [-0.05, 0) is 62.8 Å². The summed E-state index contributed by atoms with van der Waals surface area (Å²) in [4.78, 5) is 28.1. The predicted molar refractivity (Wildman–Crippen MR) is 155 cm³/mol. The average molecular weight is 572 g/mol. The number of aromatic nitrogens is 4. The Labute approximate surface area is 241 Å². The molecule has 4 N–H and O–H groups in total. The molecule has 216 valence electrons. The number of primary amides is 1. The van der Waals surface area contributed by atoms with Gasteiger partial charge in [-0.1, -0.05) is 18.2 Å². The van der Waals surface area contributed by atoms with Crippen LogP contribution in [0.5, 0.6) is 0 Å². The zero-order valence-electron chi connectivity index (χ0n) is 22.9. The SMILES string of the molecule is N#Cc1cc(F)c(Nc2nc3cnc(N[C@@H]4CCCN(c5ccccc5)C4)nc3n2[C@H]2CC[C@@H](C(N)=O)CC2)c(F)c1. The number of carbonyl (C=O) groups excluding carboxylic acids is 1. The number of halogens is 2. The van der Waals surface area contributed by atoms with Crippen molar-refractivity contribution in [1.82, 2.24) is 19.5 Å². The first-order valence-corrected chi connectivity index (χ1v) is 14.2. The molecular formula is C30H31F2N9O. The summed E-state index contributed by atoms with van der Waals surface area (Å²) in [5.74, 6) is -1.71. The Morgan fingerprint density at radius 2 is 1.79 bits per heavy atom. The first kappa shape index (κ1) is 27.4. The highest BCUT2D eigenvalue weighted by Crippen LogP contribution is 2.37. The quantitative estimate of drug-likeness (QED) is 0.281. The van der Waals surface area contributed by atoms with E-state index >= 15 is 0 Å². The van der Waals surface area contributed by atoms with Crippen LogP contribution in [0.4, 0.5) is 32.1 Å². The maximum Gasteiger partial charge on any atom is 0.225 e. The molecule has 10 nitrogen and oxygen atoms in total. The van der Waals surface area contributed by atoms with Crippen molar-refractivity contribution in [2.45, 2.75) is 50.6 Å². The minimum absolute atomic E-state index is 0.121. The fourth-order valence-electron chi connectivity index (χ4n) is 6.03. The molecule has 0 radical (unpaired) electrons. The van der Waals surface area contributed by atoms with Gasteiger partial charge < -0.3 is 21.3 Å². The molecule has 0 spiro atoms. The van der Waals surface area contributed by atoms with Gasteiger partial charge >= 0.3 is 0 Å². The minimum Gasteiger partial charge on any atom is -0.369 e. The third-order valence-electron chi connectivity index (χ3n) is 8.18. The van der Waals surface area contributed by atoms with Crippen LogP contribution in [0, 0.1) is 28.9 Å². The van der Waals surface area contributed by atoms with Gasteiger partial charge in [0.15, 0.2) is 17.3 Å². The number of hydrogen-bond donors (Lipinski definition) is 3. The molecule has 4 aromatic rings. The summed E-state index contributed by atoms with van der Waals surface area (Å²) in [6, 6.07) is 14.0. The maximum absolute atomic E-state index is 14.8. The molecule has 1 saturated carbocycles. The van der Waals surface area contributed by atoms with E-state index in [4.69, 9.17) is 16.0 Å². The van der Waals surface area contributed by atoms with Gasteiger partial charge in [-0.2, -0.15) is 10.2 Å². The lowest BCUT2D eigenvalue weighted by Crippen LogP contribution is -2.42. The Morgan fingerprint density at radius 1 is 1.05 bits per heavy atom. The van der Waals surface area contributed by atoms with Crippen molar-refractivity contribution in [3.8, 4) is 6.07 Å². The van der Waals surface area contributed by atoms with Crippen LogP contribution in [0.25, 0.3) is 11.2 Å². The summed E-state index contributed by atoms with van der Waals surface area (Å²) in [5, 5.41) is 15.4. The molecule has 6 rings (SSSR count). The number of carbonyl (C=O) groups is 1. The number of piperidine rings is 1. The van der Waals surface area contributed by atoms with E-state index in [1.807, 2.05) is 22.8 Å². The Morgan fingerprint density at radius 3 is 2.48 bits per heavy atom. The zero-order valence-corrected chi connectivity index (χ0v) is 22.9. The van der Waals surface area contributed by atoms with E-state index in [9.17, 15) is 13.6 Å². The van der Waals surface area contributed by atoms with Gasteiger partial charge in [0, 0.05) is 36.8 Å². The lowest BCUT2D eigenvalue weighted by atomic mass is 9.85. The lowest BCUT2D eigenvalue weighted by molar-refractivity contribution is -0.122. The van der Waals surface area contributed by atoms with E-state index in [-0.39, 0.29) is 35.4 Å². The van der Waals surface area contributed by atoms with Gasteiger partial charge in [0.1, 0.15) is 11.2 Å². The summed E-state index contributed by atoms with van der Waals surface area (Å²) in [7, 11) is 0. The Hall–Kier alpha value is -4.79. The number of nitrogens with two attached hydrogens (primary N) is 1. The molecule has 1 amide bonds. The van der Waals surface area contributed by atoms with Crippen LogP contribution >= 0.6 is 0 Å². The van der Waals surface area contributed by atoms with Crippen LogP contribution in [0.1, 0.15) is 50.1 Å². The zero-order chi connectivity index (χ0) is 29.2. The highest BCUT2D eigenvalue weighted by molar-refractivity contribution is 5.78. The normalized spacial score (nSPS) is 20.7. The third-order valence-corrected chi connectivity index (χ3v) is 8.18. The van der Waals surface area contributed by atoms with E-state index in [1.54, 1.807) is 12.3 Å². The Kier molecular flexibility index (Phi) is 7.56. The summed E-state index contributed by atoms with van der Waals surface area (Å²) in [6.45, 7) is 1.77. The number of amides is 1. The molecule has 1 aliphatic heterocycles. The molecule has 12 heteroatoms. The van der Waals surface area contributed by atoms with Crippen molar-refractivity contribution < 1.29 is 13.6 Å². The first-order chi connectivity index (χ1) is 20.4. The largest absolute Gasteiger partial charge is 0.369 e. The van der Waals surface area contributed by atoms with Crippen LogP contribution in [-0.4, -0.2) is 44.6 Å². The van der Waals surface area contributed by atoms with Crippen LogP contribution in [0.2, 0.25) is 0 Å². The Balaban J connectivity index is 1.32. The van der Waals surface area contributed by atoms with Crippen LogP contribution < -0.4 is 21.3 Å². The lowest BCUT2D eigenvalue weighted by Gasteiger charge is -2.34. The molecule has 1 aliphatic carbocycles. The van der Waals surface area contributed by atoms with Gasteiger partial charge in [-0.3, -0.25) is 9.36 Å². The van der Waals surface area contributed by atoms with E-state index in [1.165, 1.54) is 5.69 Å². The summed E-state index contributed by atoms with van der Waals surface area (Å²) < 4.78 is 31.5. The van der Waals surface area contributed by atoms with Crippen molar-refractivity contribution in [2.75, 3.05) is 28.6 Å². The standard InChI is InChI=1S/C30H31F2N9O/c31-23-13-18(15-33)14-24(32)26(23)38-30-37-25-16-35-29(36-20-5-4-12-40(17-20)21-6-2-1-3-7-21)39-28(25)41(30)22-10-8-19(9-11-22)27(34)42/h1-3,6-7,13-14,16,19-20,22H,4-5,8-12,17H2,(H2,34,42)(H,37,38)(H,35,36,39)/t19-,20-,22+/m1/s1. The highest BCUT2D eigenvalue weighted by Gasteiger charge is 2.30. The molecule has 2 aromatic carbocycles. The number of nitriles is 1. The fourth-order valence-corrected chi connectivity index (χ4v) is 6.03. The minimum atomic E-state index is -0.906. The summed E-state index contributed by atoms with van der Waals surface area (Å²) in [5.41, 5.74) is 7.17. The van der Waals surface area contributed by atoms with Crippen LogP contribution in [0.15, 0.2) is 48.7 Å². The van der Waals surface area contributed by atoms with E-state index in [0.29, 0.717) is 42.8 Å². The molecule has 3 heterocycles. The second-order valence-corrected chi connectivity index (χ2v) is 10.9. The number of nitrogens with zero attached hydrogens (tertiary/aromatic N) is 6. The van der Waals surface area contributed by atoms with Crippen molar-refractivity contribution in [2.24, 2.45) is 11.7 Å². The second kappa shape index (κ2) is 11.6. The van der Waals surface area contributed by atoms with Crippen molar-refractivity contribution in [3.63, 3.8) is 0 Å². The monoisotopic (exact) mass is 571 g/mol. The first-order valence-electron chi connectivity index (χ1n) is 14.2. The molecule has 0 bridgehead atoms. The maximum atomic E-state index is 14.8. The van der Waals surface area contributed by atoms with Gasteiger partial charge in [-0.15, -0.1) is 0 Å².